The maximum atomic E-state index is 12.8. The molecule has 0 N–H and O–H groups in total. The van der Waals surface area contributed by atoms with Gasteiger partial charge in [0, 0.05) is 24.7 Å². The molecule has 0 amide bonds. The standard InChI is InChI=1S/C23H26N4O3/c1-29-20-9-7-16(13-21(20)30-2)6-8-17-5-3-4-12-27-22(28)14-19(26-23(17)27)18-10-11-24-15-25-18/h7,9-11,13-15,17H,3-6,8,12H2,1-2H3. The minimum absolute atomic E-state index is 0.00775. The van der Waals surface area contributed by atoms with Crippen LogP contribution >= 0.6 is 0 Å². The van der Waals surface area contributed by atoms with Gasteiger partial charge in [-0.05, 0) is 49.4 Å². The fourth-order valence-corrected chi connectivity index (χ4v) is 4.07. The minimum Gasteiger partial charge on any atom is -0.493 e. The van der Waals surface area contributed by atoms with Gasteiger partial charge in [-0.2, -0.15) is 0 Å². The van der Waals surface area contributed by atoms with Crippen LogP contribution in [0.3, 0.4) is 0 Å². The van der Waals surface area contributed by atoms with E-state index in [0.29, 0.717) is 11.4 Å². The molecule has 0 saturated heterocycles. The number of aryl methyl sites for hydroxylation is 1. The molecule has 1 aliphatic heterocycles. The van der Waals surface area contributed by atoms with E-state index in [1.807, 2.05) is 16.7 Å². The maximum absolute atomic E-state index is 12.8. The van der Waals surface area contributed by atoms with E-state index < -0.39 is 0 Å². The zero-order valence-electron chi connectivity index (χ0n) is 17.4. The van der Waals surface area contributed by atoms with E-state index >= 15 is 0 Å². The van der Waals surface area contributed by atoms with Crippen molar-refractivity contribution in [2.75, 3.05) is 14.2 Å². The number of methoxy groups -OCH3 is 2. The molecular formula is C23H26N4O3. The normalized spacial score (nSPS) is 15.9. The van der Waals surface area contributed by atoms with E-state index in [1.165, 1.54) is 11.9 Å². The zero-order chi connectivity index (χ0) is 20.9. The quantitative estimate of drug-likeness (QED) is 0.622. The molecule has 7 nitrogen and oxygen atoms in total. The van der Waals surface area contributed by atoms with Crippen LogP contribution in [0.2, 0.25) is 0 Å². The Morgan fingerprint density at radius 2 is 1.93 bits per heavy atom. The van der Waals surface area contributed by atoms with Gasteiger partial charge in [0.25, 0.3) is 5.56 Å². The van der Waals surface area contributed by atoms with E-state index in [9.17, 15) is 4.79 Å². The number of hydrogen-bond donors (Lipinski definition) is 0. The molecule has 2 aromatic heterocycles. The van der Waals surface area contributed by atoms with Gasteiger partial charge in [-0.3, -0.25) is 9.36 Å². The predicted molar refractivity (Wildman–Crippen MR) is 114 cm³/mol. The van der Waals surface area contributed by atoms with E-state index in [2.05, 4.69) is 16.0 Å². The van der Waals surface area contributed by atoms with Crippen LogP contribution in [0, 0.1) is 0 Å². The van der Waals surface area contributed by atoms with Crippen LogP contribution in [0.1, 0.15) is 43.0 Å². The lowest BCUT2D eigenvalue weighted by molar-refractivity contribution is 0.354. The lowest BCUT2D eigenvalue weighted by atomic mass is 9.94. The average molecular weight is 406 g/mol. The Bertz CT molecular complexity index is 1070. The molecule has 0 aliphatic carbocycles. The van der Waals surface area contributed by atoms with Gasteiger partial charge in [0.2, 0.25) is 0 Å². The summed E-state index contributed by atoms with van der Waals surface area (Å²) in [7, 11) is 3.28. The third-order valence-corrected chi connectivity index (χ3v) is 5.66. The third-order valence-electron chi connectivity index (χ3n) is 5.66. The third kappa shape index (κ3) is 4.20. The first-order chi connectivity index (χ1) is 14.7. The molecule has 3 aromatic rings. The van der Waals surface area contributed by atoms with Crippen molar-refractivity contribution < 1.29 is 9.47 Å². The van der Waals surface area contributed by atoms with E-state index in [0.717, 1.165) is 56.0 Å². The van der Waals surface area contributed by atoms with Gasteiger partial charge in [0.15, 0.2) is 11.5 Å². The molecule has 0 fully saturated rings. The highest BCUT2D eigenvalue weighted by Gasteiger charge is 2.22. The van der Waals surface area contributed by atoms with Crippen molar-refractivity contribution in [3.8, 4) is 22.9 Å². The lowest BCUT2D eigenvalue weighted by Gasteiger charge is -2.18. The maximum Gasteiger partial charge on any atom is 0.254 e. The Balaban J connectivity index is 1.62. The number of hydrogen-bond acceptors (Lipinski definition) is 6. The molecule has 3 heterocycles. The van der Waals surface area contributed by atoms with Gasteiger partial charge in [0.05, 0.1) is 25.6 Å². The van der Waals surface area contributed by atoms with Crippen molar-refractivity contribution in [2.24, 2.45) is 0 Å². The van der Waals surface area contributed by atoms with Crippen LogP contribution in [0.4, 0.5) is 0 Å². The second-order valence-electron chi connectivity index (χ2n) is 7.50. The molecule has 0 radical (unpaired) electrons. The zero-order valence-corrected chi connectivity index (χ0v) is 17.4. The summed E-state index contributed by atoms with van der Waals surface area (Å²) in [6.45, 7) is 0.720. The summed E-state index contributed by atoms with van der Waals surface area (Å²) >= 11 is 0. The molecule has 4 rings (SSSR count). The second-order valence-corrected chi connectivity index (χ2v) is 7.50. The summed E-state index contributed by atoms with van der Waals surface area (Å²) in [6.07, 6.45) is 8.04. The van der Waals surface area contributed by atoms with Crippen molar-refractivity contribution in [2.45, 2.75) is 44.6 Å². The van der Waals surface area contributed by atoms with Crippen molar-refractivity contribution >= 4 is 0 Å². The fourth-order valence-electron chi connectivity index (χ4n) is 4.07. The van der Waals surface area contributed by atoms with E-state index in [-0.39, 0.29) is 11.5 Å². The van der Waals surface area contributed by atoms with Gasteiger partial charge in [-0.1, -0.05) is 12.5 Å². The molecule has 1 unspecified atom stereocenters. The number of rotatable bonds is 6. The molecule has 0 spiro atoms. The number of nitrogens with zero attached hydrogens (tertiary/aromatic N) is 4. The van der Waals surface area contributed by atoms with Crippen LogP contribution < -0.4 is 15.0 Å². The van der Waals surface area contributed by atoms with E-state index in [1.54, 1.807) is 32.5 Å². The number of aromatic nitrogens is 4. The van der Waals surface area contributed by atoms with E-state index in [4.69, 9.17) is 14.5 Å². The molecule has 1 atom stereocenters. The topological polar surface area (TPSA) is 79.1 Å². The highest BCUT2D eigenvalue weighted by Crippen LogP contribution is 2.32. The Morgan fingerprint density at radius 1 is 1.07 bits per heavy atom. The van der Waals surface area contributed by atoms with Crippen molar-refractivity contribution in [3.63, 3.8) is 0 Å². The molecule has 30 heavy (non-hydrogen) atoms. The van der Waals surface area contributed by atoms with Crippen LogP contribution in [0.15, 0.2) is 47.7 Å². The molecule has 1 aromatic carbocycles. The predicted octanol–water partition coefficient (Wildman–Crippen LogP) is 3.62. The van der Waals surface area contributed by atoms with Gasteiger partial charge >= 0.3 is 0 Å². The van der Waals surface area contributed by atoms with Crippen molar-refractivity contribution in [3.05, 3.63) is 64.6 Å². The molecule has 1 aliphatic rings. The Morgan fingerprint density at radius 3 is 2.70 bits per heavy atom. The first kappa shape index (κ1) is 20.1. The SMILES string of the molecule is COc1ccc(CCC2CCCCn3c2nc(-c2ccncn2)cc3=O)cc1OC. The second kappa shape index (κ2) is 9.07. The van der Waals surface area contributed by atoms with Gasteiger partial charge in [0.1, 0.15) is 12.2 Å². The molecule has 156 valence electrons. The van der Waals surface area contributed by atoms with Gasteiger partial charge < -0.3 is 9.47 Å². The van der Waals surface area contributed by atoms with Crippen molar-refractivity contribution in [1.29, 1.82) is 0 Å². The molecular weight excluding hydrogens is 380 g/mol. The highest BCUT2D eigenvalue weighted by atomic mass is 16.5. The minimum atomic E-state index is -0.00775. The monoisotopic (exact) mass is 406 g/mol. The lowest BCUT2D eigenvalue weighted by Crippen LogP contribution is -2.25. The number of fused-ring (bicyclic) bond motifs is 1. The van der Waals surface area contributed by atoms with Crippen LogP contribution in [0.25, 0.3) is 11.4 Å². The Hall–Kier alpha value is -3.22. The van der Waals surface area contributed by atoms with Crippen LogP contribution in [0.5, 0.6) is 11.5 Å². The van der Waals surface area contributed by atoms with Crippen LogP contribution in [-0.4, -0.2) is 33.7 Å². The summed E-state index contributed by atoms with van der Waals surface area (Å²) < 4.78 is 12.6. The molecule has 0 saturated carbocycles. The largest absolute Gasteiger partial charge is 0.493 e. The molecule has 0 bridgehead atoms. The summed E-state index contributed by atoms with van der Waals surface area (Å²) in [6, 6.07) is 9.39. The van der Waals surface area contributed by atoms with Crippen LogP contribution in [-0.2, 0) is 13.0 Å². The Labute approximate surface area is 175 Å². The summed E-state index contributed by atoms with van der Waals surface area (Å²) in [5.41, 5.74) is 2.46. The first-order valence-electron chi connectivity index (χ1n) is 10.3. The smallest absolute Gasteiger partial charge is 0.254 e. The average Bonchev–Trinajstić information content (AvgIpc) is 3.00. The molecule has 7 heteroatoms. The van der Waals surface area contributed by atoms with Gasteiger partial charge in [-0.15, -0.1) is 0 Å². The van der Waals surface area contributed by atoms with Crippen molar-refractivity contribution in [1.82, 2.24) is 19.5 Å². The van der Waals surface area contributed by atoms with Gasteiger partial charge in [-0.25, -0.2) is 15.0 Å². The fraction of sp³-hybridized carbons (Fsp3) is 0.391. The summed E-state index contributed by atoms with van der Waals surface area (Å²) in [5, 5.41) is 0. The Kier molecular flexibility index (Phi) is 6.07. The number of ether oxygens (including phenoxy) is 2. The highest BCUT2D eigenvalue weighted by molar-refractivity contribution is 5.52. The summed E-state index contributed by atoms with van der Waals surface area (Å²) in [5.74, 6) is 2.55. The first-order valence-corrected chi connectivity index (χ1v) is 10.3. The summed E-state index contributed by atoms with van der Waals surface area (Å²) in [4.78, 5) is 25.9. The number of benzene rings is 1.